The maximum atomic E-state index is 13.4. The van der Waals surface area contributed by atoms with E-state index in [1.807, 2.05) is 30.0 Å². The molecule has 1 saturated heterocycles. The molecule has 6 nitrogen and oxygen atoms in total. The first-order valence-electron chi connectivity index (χ1n) is 12.7. The van der Waals surface area contributed by atoms with Gasteiger partial charge in [0.2, 0.25) is 10.0 Å². The highest BCUT2D eigenvalue weighted by Crippen LogP contribution is 2.36. The molecule has 0 N–H and O–H groups in total. The number of hydrogen-bond donors (Lipinski definition) is 0. The van der Waals surface area contributed by atoms with Crippen LogP contribution in [0.3, 0.4) is 0 Å². The largest absolute Gasteiger partial charge is 0.336 e. The second-order valence-electron chi connectivity index (χ2n) is 9.65. The lowest BCUT2D eigenvalue weighted by Gasteiger charge is -2.40. The molecule has 1 atom stereocenters. The number of carbonyl (C=O) groups excluding carboxylic acids is 1. The second-order valence-corrected chi connectivity index (χ2v) is 11.8. The lowest BCUT2D eigenvalue weighted by Crippen LogP contribution is -2.49. The van der Waals surface area contributed by atoms with Crippen LogP contribution in [-0.4, -0.2) is 62.1 Å². The Bertz CT molecular complexity index is 1280. The monoisotopic (exact) mass is 503 g/mol. The van der Waals surface area contributed by atoms with Gasteiger partial charge in [0.25, 0.3) is 5.91 Å². The zero-order valence-electron chi connectivity index (χ0n) is 20.9. The molecule has 5 rings (SSSR count). The van der Waals surface area contributed by atoms with Crippen molar-refractivity contribution in [1.29, 1.82) is 0 Å². The van der Waals surface area contributed by atoms with Gasteiger partial charge < -0.3 is 4.90 Å². The van der Waals surface area contributed by atoms with Gasteiger partial charge in [-0.2, -0.15) is 0 Å². The van der Waals surface area contributed by atoms with Crippen molar-refractivity contribution in [3.63, 3.8) is 0 Å². The number of anilines is 1. The summed E-state index contributed by atoms with van der Waals surface area (Å²) in [6, 6.07) is 26.5. The number of sulfonamides is 1. The van der Waals surface area contributed by atoms with Crippen molar-refractivity contribution in [3.05, 3.63) is 101 Å². The molecule has 0 aliphatic carbocycles. The summed E-state index contributed by atoms with van der Waals surface area (Å²) < 4.78 is 26.7. The summed E-state index contributed by atoms with van der Waals surface area (Å²) in [5.74, 6) is 0.0761. The Morgan fingerprint density at radius 1 is 0.889 bits per heavy atom. The van der Waals surface area contributed by atoms with Crippen LogP contribution in [0, 0.1) is 0 Å². The van der Waals surface area contributed by atoms with Crippen molar-refractivity contribution in [1.82, 2.24) is 9.80 Å². The van der Waals surface area contributed by atoms with E-state index in [1.165, 1.54) is 15.4 Å². The number of benzene rings is 3. The van der Waals surface area contributed by atoms with Gasteiger partial charge >= 0.3 is 0 Å². The molecule has 0 bridgehead atoms. The summed E-state index contributed by atoms with van der Waals surface area (Å²) in [5.41, 5.74) is 4.77. The number of rotatable bonds is 6. The van der Waals surface area contributed by atoms with Crippen LogP contribution in [0.15, 0.2) is 78.9 Å². The lowest BCUT2D eigenvalue weighted by atomic mass is 9.96. The molecular weight excluding hydrogens is 470 g/mol. The summed E-state index contributed by atoms with van der Waals surface area (Å²) in [7, 11) is -3.34. The fourth-order valence-electron chi connectivity index (χ4n) is 5.55. The smallest absolute Gasteiger partial charge is 0.253 e. The highest BCUT2D eigenvalue weighted by molar-refractivity contribution is 7.92. The SMILES string of the molecule is CCS(=O)(=O)N1c2ccc(C(=O)N3CCN(C(c4ccccc4)c4ccccc4)CC3)cc2C[C@H]1C. The van der Waals surface area contributed by atoms with E-state index in [4.69, 9.17) is 0 Å². The highest BCUT2D eigenvalue weighted by Gasteiger charge is 2.35. The number of nitrogens with zero attached hydrogens (tertiary/aromatic N) is 3. The van der Waals surface area contributed by atoms with Gasteiger partial charge in [-0.3, -0.25) is 14.0 Å². The van der Waals surface area contributed by atoms with Crippen molar-refractivity contribution in [2.75, 3.05) is 36.2 Å². The van der Waals surface area contributed by atoms with Gasteiger partial charge in [-0.05, 0) is 55.2 Å². The summed E-state index contributed by atoms with van der Waals surface area (Å²) >= 11 is 0. The lowest BCUT2D eigenvalue weighted by molar-refractivity contribution is 0.0597. The molecule has 2 aliphatic rings. The van der Waals surface area contributed by atoms with Gasteiger partial charge in [0, 0.05) is 37.8 Å². The molecule has 0 radical (unpaired) electrons. The van der Waals surface area contributed by atoms with E-state index in [9.17, 15) is 13.2 Å². The van der Waals surface area contributed by atoms with Crippen molar-refractivity contribution in [2.24, 2.45) is 0 Å². The Kier molecular flexibility index (Phi) is 6.86. The molecule has 36 heavy (non-hydrogen) atoms. The molecule has 7 heteroatoms. The Labute approximate surface area is 214 Å². The molecule has 2 heterocycles. The van der Waals surface area contributed by atoms with Crippen molar-refractivity contribution in [3.8, 4) is 0 Å². The van der Waals surface area contributed by atoms with E-state index in [0.717, 1.165) is 18.7 Å². The zero-order chi connectivity index (χ0) is 25.3. The van der Waals surface area contributed by atoms with Crippen LogP contribution in [-0.2, 0) is 16.4 Å². The second kappa shape index (κ2) is 10.1. The van der Waals surface area contributed by atoms with Crippen molar-refractivity contribution < 1.29 is 13.2 Å². The van der Waals surface area contributed by atoms with Gasteiger partial charge in [-0.25, -0.2) is 8.42 Å². The predicted octanol–water partition coefficient (Wildman–Crippen LogP) is 4.33. The van der Waals surface area contributed by atoms with E-state index >= 15 is 0 Å². The summed E-state index contributed by atoms with van der Waals surface area (Å²) in [6.07, 6.45) is 0.624. The molecule has 1 fully saturated rings. The first-order chi connectivity index (χ1) is 17.4. The van der Waals surface area contributed by atoms with E-state index < -0.39 is 10.0 Å². The number of amides is 1. The Balaban J connectivity index is 1.31. The number of carbonyl (C=O) groups is 1. The number of hydrogen-bond acceptors (Lipinski definition) is 4. The molecule has 3 aromatic carbocycles. The van der Waals surface area contributed by atoms with Crippen LogP contribution in [0.5, 0.6) is 0 Å². The molecule has 0 unspecified atom stereocenters. The molecule has 1 amide bonds. The van der Waals surface area contributed by atoms with Gasteiger partial charge in [-0.1, -0.05) is 60.7 Å². The van der Waals surface area contributed by atoms with Gasteiger partial charge in [-0.15, -0.1) is 0 Å². The van der Waals surface area contributed by atoms with Crippen LogP contribution in [0.2, 0.25) is 0 Å². The number of fused-ring (bicyclic) bond motifs is 1. The molecule has 3 aromatic rings. The van der Waals surface area contributed by atoms with Gasteiger partial charge in [0.1, 0.15) is 0 Å². The maximum Gasteiger partial charge on any atom is 0.253 e. The Hall–Kier alpha value is -3.16. The highest BCUT2D eigenvalue weighted by atomic mass is 32.2. The summed E-state index contributed by atoms with van der Waals surface area (Å²) in [5, 5.41) is 0. The third kappa shape index (κ3) is 4.65. The summed E-state index contributed by atoms with van der Waals surface area (Å²) in [4.78, 5) is 17.8. The summed E-state index contributed by atoms with van der Waals surface area (Å²) in [6.45, 7) is 6.45. The van der Waals surface area contributed by atoms with Crippen molar-refractivity contribution >= 4 is 21.6 Å². The van der Waals surface area contributed by atoms with E-state index in [1.54, 1.807) is 19.1 Å². The molecular formula is C29H33N3O3S. The third-order valence-corrected chi connectivity index (χ3v) is 9.23. The molecule has 0 saturated carbocycles. The van der Waals surface area contributed by atoms with Crippen molar-refractivity contribution in [2.45, 2.75) is 32.4 Å². The van der Waals surface area contributed by atoms with Crippen LogP contribution >= 0.6 is 0 Å². The fourth-order valence-corrected chi connectivity index (χ4v) is 6.93. The van der Waals surface area contributed by atoms with E-state index in [2.05, 4.69) is 53.4 Å². The predicted molar refractivity (Wildman–Crippen MR) is 144 cm³/mol. The van der Waals surface area contributed by atoms with Crippen LogP contribution in [0.4, 0.5) is 5.69 Å². The Morgan fingerprint density at radius 2 is 1.47 bits per heavy atom. The topological polar surface area (TPSA) is 60.9 Å². The normalized spacial score (nSPS) is 18.5. The fraction of sp³-hybridized carbons (Fsp3) is 0.345. The van der Waals surface area contributed by atoms with Crippen LogP contribution in [0.25, 0.3) is 0 Å². The molecule has 188 valence electrons. The van der Waals surface area contributed by atoms with E-state index in [-0.39, 0.29) is 23.7 Å². The van der Waals surface area contributed by atoms with Crippen LogP contribution < -0.4 is 4.31 Å². The zero-order valence-corrected chi connectivity index (χ0v) is 21.7. The van der Waals surface area contributed by atoms with E-state index in [0.29, 0.717) is 30.8 Å². The molecule has 2 aliphatic heterocycles. The van der Waals surface area contributed by atoms with Gasteiger partial charge in [0.05, 0.1) is 17.5 Å². The minimum Gasteiger partial charge on any atom is -0.336 e. The maximum absolute atomic E-state index is 13.4. The molecule has 0 aromatic heterocycles. The quantitative estimate of drug-likeness (QED) is 0.502. The first-order valence-corrected chi connectivity index (χ1v) is 14.3. The first kappa shape index (κ1) is 24.5. The van der Waals surface area contributed by atoms with Gasteiger partial charge in [0.15, 0.2) is 0 Å². The minimum atomic E-state index is -3.34. The minimum absolute atomic E-state index is 0.0119. The van der Waals surface area contributed by atoms with Crippen LogP contribution in [0.1, 0.15) is 46.9 Å². The number of piperazine rings is 1. The standard InChI is InChI=1S/C29H33N3O3S/c1-3-36(34,35)32-22(2)20-26-21-25(14-15-27(26)32)29(33)31-18-16-30(17-19-31)28(23-10-6-4-7-11-23)24-12-8-5-9-13-24/h4-15,21-22,28H,3,16-20H2,1-2H3/t22-/m1/s1. The average Bonchev–Trinajstić information content (AvgIpc) is 3.26. The average molecular weight is 504 g/mol. The Morgan fingerprint density at radius 3 is 2.03 bits per heavy atom. The molecule has 0 spiro atoms. The third-order valence-electron chi connectivity index (χ3n) is 7.34.